The van der Waals surface area contributed by atoms with Gasteiger partial charge in [-0.2, -0.15) is 0 Å². The number of hydrogen-bond acceptors (Lipinski definition) is 4. The van der Waals surface area contributed by atoms with Crippen molar-refractivity contribution in [3.05, 3.63) is 29.8 Å². The van der Waals surface area contributed by atoms with Crippen LogP contribution in [0.3, 0.4) is 0 Å². The normalized spacial score (nSPS) is 14.2. The van der Waals surface area contributed by atoms with Crippen LogP contribution in [0.2, 0.25) is 0 Å². The van der Waals surface area contributed by atoms with E-state index in [1.54, 1.807) is 12.1 Å². The number of phenolic OH excluding ortho intramolecular Hbond substituents is 1. The van der Waals surface area contributed by atoms with Gasteiger partial charge in [-0.3, -0.25) is 0 Å². The average molecular weight is 308 g/mol. The lowest BCUT2D eigenvalue weighted by Crippen LogP contribution is -2.43. The highest BCUT2D eigenvalue weighted by atomic mass is 16.6. The fourth-order valence-corrected chi connectivity index (χ4v) is 2.08. The number of nitrogens with one attached hydrogen (secondary N) is 2. The zero-order valence-corrected chi connectivity index (χ0v) is 14.1. The van der Waals surface area contributed by atoms with Gasteiger partial charge in [-0.05, 0) is 51.8 Å². The van der Waals surface area contributed by atoms with Crippen molar-refractivity contribution >= 4 is 6.09 Å². The molecule has 1 amide bonds. The molecule has 3 N–H and O–H groups in total. The van der Waals surface area contributed by atoms with Crippen LogP contribution >= 0.6 is 0 Å². The highest BCUT2D eigenvalue weighted by Crippen LogP contribution is 2.19. The van der Waals surface area contributed by atoms with Gasteiger partial charge in [-0.25, -0.2) is 4.79 Å². The third kappa shape index (κ3) is 6.80. The molecule has 0 saturated carbocycles. The molecule has 0 aliphatic carbocycles. The van der Waals surface area contributed by atoms with E-state index >= 15 is 0 Å². The Morgan fingerprint density at radius 3 is 2.36 bits per heavy atom. The number of benzene rings is 1. The van der Waals surface area contributed by atoms with E-state index in [-0.39, 0.29) is 17.8 Å². The summed E-state index contributed by atoms with van der Waals surface area (Å²) in [5.74, 6) is 0.263. The lowest BCUT2D eigenvalue weighted by atomic mass is 10.0. The van der Waals surface area contributed by atoms with Crippen molar-refractivity contribution in [1.82, 2.24) is 10.6 Å². The van der Waals surface area contributed by atoms with Crippen LogP contribution in [0.15, 0.2) is 24.3 Å². The molecule has 0 radical (unpaired) electrons. The number of carbonyl (C=O) groups is 1. The first kappa shape index (κ1) is 18.3. The third-order valence-corrected chi connectivity index (χ3v) is 3.14. The molecule has 1 aromatic rings. The van der Waals surface area contributed by atoms with Crippen molar-refractivity contribution in [2.75, 3.05) is 6.54 Å². The van der Waals surface area contributed by atoms with Crippen LogP contribution in [-0.2, 0) is 4.74 Å². The molecule has 0 spiro atoms. The predicted octanol–water partition coefficient (Wildman–Crippen LogP) is 3.35. The minimum atomic E-state index is -0.491. The predicted molar refractivity (Wildman–Crippen MR) is 88.0 cm³/mol. The van der Waals surface area contributed by atoms with Crippen LogP contribution in [0.4, 0.5) is 4.79 Å². The number of alkyl carbamates (subject to hydrolysis) is 1. The van der Waals surface area contributed by atoms with Gasteiger partial charge in [0.25, 0.3) is 0 Å². The number of ether oxygens (including phenoxy) is 1. The maximum atomic E-state index is 11.7. The van der Waals surface area contributed by atoms with Crippen molar-refractivity contribution in [3.63, 3.8) is 0 Å². The molecule has 0 saturated heterocycles. The number of rotatable bonds is 6. The Morgan fingerprint density at radius 1 is 1.27 bits per heavy atom. The largest absolute Gasteiger partial charge is 0.508 e. The summed E-state index contributed by atoms with van der Waals surface area (Å²) in [6.07, 6.45) is 0.517. The lowest BCUT2D eigenvalue weighted by Gasteiger charge is -2.24. The third-order valence-electron chi connectivity index (χ3n) is 3.14. The number of carbonyl (C=O) groups excluding carboxylic acids is 1. The summed E-state index contributed by atoms with van der Waals surface area (Å²) in [4.78, 5) is 11.7. The molecule has 1 aromatic carbocycles. The summed E-state index contributed by atoms with van der Waals surface area (Å²) in [7, 11) is 0. The molecule has 5 nitrogen and oxygen atoms in total. The average Bonchev–Trinajstić information content (AvgIpc) is 2.39. The van der Waals surface area contributed by atoms with Crippen LogP contribution in [0.25, 0.3) is 0 Å². The summed E-state index contributed by atoms with van der Waals surface area (Å²) in [5.41, 5.74) is 0.625. The Kier molecular flexibility index (Phi) is 6.68. The van der Waals surface area contributed by atoms with E-state index in [9.17, 15) is 9.90 Å². The molecule has 2 unspecified atom stereocenters. The van der Waals surface area contributed by atoms with E-state index in [1.165, 1.54) is 0 Å². The second kappa shape index (κ2) is 8.03. The zero-order chi connectivity index (χ0) is 16.8. The van der Waals surface area contributed by atoms with E-state index in [4.69, 9.17) is 4.74 Å². The van der Waals surface area contributed by atoms with E-state index in [2.05, 4.69) is 17.6 Å². The topological polar surface area (TPSA) is 70.6 Å². The van der Waals surface area contributed by atoms with Gasteiger partial charge in [0.1, 0.15) is 11.4 Å². The monoisotopic (exact) mass is 308 g/mol. The zero-order valence-electron chi connectivity index (χ0n) is 14.1. The van der Waals surface area contributed by atoms with Gasteiger partial charge in [0.05, 0.1) is 0 Å². The van der Waals surface area contributed by atoms with Gasteiger partial charge < -0.3 is 20.5 Å². The van der Waals surface area contributed by atoms with E-state index < -0.39 is 11.7 Å². The van der Waals surface area contributed by atoms with Crippen LogP contribution in [0, 0.1) is 0 Å². The van der Waals surface area contributed by atoms with E-state index in [0.717, 1.165) is 12.0 Å². The Morgan fingerprint density at radius 2 is 1.86 bits per heavy atom. The van der Waals surface area contributed by atoms with Gasteiger partial charge in [-0.15, -0.1) is 0 Å². The summed E-state index contributed by atoms with van der Waals surface area (Å²) < 4.78 is 5.23. The Labute approximate surface area is 133 Å². The number of hydrogen-bond donors (Lipinski definition) is 3. The molecule has 124 valence electrons. The summed E-state index contributed by atoms with van der Waals surface area (Å²) in [5, 5.41) is 15.6. The number of phenols is 1. The SMILES string of the molecule is CCC(NCC(C)NC(=O)OC(C)(C)C)c1ccc(O)cc1. The van der Waals surface area contributed by atoms with E-state index in [0.29, 0.717) is 6.54 Å². The van der Waals surface area contributed by atoms with Crippen LogP contribution in [0.5, 0.6) is 5.75 Å². The van der Waals surface area contributed by atoms with Gasteiger partial charge >= 0.3 is 6.09 Å². The van der Waals surface area contributed by atoms with Crippen molar-refractivity contribution in [2.45, 2.75) is 58.7 Å². The smallest absolute Gasteiger partial charge is 0.407 e. The molecule has 0 bridgehead atoms. The lowest BCUT2D eigenvalue weighted by molar-refractivity contribution is 0.0507. The maximum Gasteiger partial charge on any atom is 0.407 e. The highest BCUT2D eigenvalue weighted by molar-refractivity contribution is 5.68. The summed E-state index contributed by atoms with van der Waals surface area (Å²) in [6, 6.07) is 7.32. The standard InChI is InChI=1S/C17H28N2O3/c1-6-15(13-7-9-14(20)10-8-13)18-11-12(2)19-16(21)22-17(3,4)5/h7-10,12,15,18,20H,6,11H2,1-5H3,(H,19,21). The second-order valence-electron chi connectivity index (χ2n) is 6.51. The minimum absolute atomic E-state index is 0.0407. The fraction of sp³-hybridized carbons (Fsp3) is 0.588. The molecule has 5 heteroatoms. The first-order chi connectivity index (χ1) is 10.2. The molecule has 22 heavy (non-hydrogen) atoms. The van der Waals surface area contributed by atoms with Crippen molar-refractivity contribution in [1.29, 1.82) is 0 Å². The molecule has 1 rings (SSSR count). The Bertz CT molecular complexity index is 466. The van der Waals surface area contributed by atoms with Gasteiger partial charge in [0, 0.05) is 18.6 Å². The highest BCUT2D eigenvalue weighted by Gasteiger charge is 2.18. The van der Waals surface area contributed by atoms with Gasteiger partial charge in [-0.1, -0.05) is 19.1 Å². The second-order valence-corrected chi connectivity index (χ2v) is 6.51. The van der Waals surface area contributed by atoms with Gasteiger partial charge in [0.15, 0.2) is 0 Å². The first-order valence-corrected chi connectivity index (χ1v) is 7.73. The summed E-state index contributed by atoms with van der Waals surface area (Å²) in [6.45, 7) is 10.2. The van der Waals surface area contributed by atoms with Crippen molar-refractivity contribution < 1.29 is 14.6 Å². The van der Waals surface area contributed by atoms with Crippen LogP contribution in [0.1, 0.15) is 52.6 Å². The maximum absolute atomic E-state index is 11.7. The quantitative estimate of drug-likeness (QED) is 0.754. The molecular weight excluding hydrogens is 280 g/mol. The number of aromatic hydroxyl groups is 1. The minimum Gasteiger partial charge on any atom is -0.508 e. The number of amides is 1. The van der Waals surface area contributed by atoms with Crippen molar-refractivity contribution in [2.24, 2.45) is 0 Å². The Hall–Kier alpha value is -1.75. The molecule has 2 atom stereocenters. The fourth-order valence-electron chi connectivity index (χ4n) is 2.08. The Balaban J connectivity index is 2.45. The molecule has 0 aliphatic heterocycles. The molecule has 0 aliphatic rings. The molecule has 0 fully saturated rings. The first-order valence-electron chi connectivity index (χ1n) is 7.73. The van der Waals surface area contributed by atoms with Crippen molar-refractivity contribution in [3.8, 4) is 5.75 Å². The molecular formula is C17H28N2O3. The van der Waals surface area contributed by atoms with Crippen LogP contribution < -0.4 is 10.6 Å². The van der Waals surface area contributed by atoms with Gasteiger partial charge in [0.2, 0.25) is 0 Å². The van der Waals surface area contributed by atoms with Crippen LogP contribution in [-0.4, -0.2) is 29.4 Å². The molecule has 0 aromatic heterocycles. The summed E-state index contributed by atoms with van der Waals surface area (Å²) >= 11 is 0. The molecule has 0 heterocycles. The van der Waals surface area contributed by atoms with E-state index in [1.807, 2.05) is 39.8 Å².